The van der Waals surface area contributed by atoms with Gasteiger partial charge in [0.15, 0.2) is 0 Å². The predicted molar refractivity (Wildman–Crippen MR) is 102 cm³/mol. The number of aromatic nitrogens is 4. The standard InChI is InChI=1S/C19H22N6O/c1-11-6-12(2)8-16(7-11)23-19(26)24-17-9-20-18(21-10-17)25-14(4)13(3)22-15(25)5/h6-10H,1-5H3,(H2,23,24,26). The number of carbonyl (C=O) groups is 1. The fourth-order valence-corrected chi connectivity index (χ4v) is 2.91. The SMILES string of the molecule is Cc1cc(C)cc(NC(=O)Nc2cnc(-n3c(C)nc(C)c3C)nc2)c1. The van der Waals surface area contributed by atoms with E-state index in [9.17, 15) is 4.79 Å². The van der Waals surface area contributed by atoms with Gasteiger partial charge in [0.05, 0.1) is 23.8 Å². The Labute approximate surface area is 152 Å². The summed E-state index contributed by atoms with van der Waals surface area (Å²) in [6.45, 7) is 9.82. The van der Waals surface area contributed by atoms with E-state index in [1.807, 2.05) is 51.3 Å². The lowest BCUT2D eigenvalue weighted by atomic mass is 10.1. The van der Waals surface area contributed by atoms with Crippen molar-refractivity contribution in [3.05, 3.63) is 58.9 Å². The van der Waals surface area contributed by atoms with E-state index < -0.39 is 0 Å². The molecule has 0 unspecified atom stereocenters. The number of rotatable bonds is 3. The molecule has 2 aromatic heterocycles. The molecule has 1 aromatic carbocycles. The van der Waals surface area contributed by atoms with E-state index >= 15 is 0 Å². The van der Waals surface area contributed by atoms with Gasteiger partial charge in [-0.3, -0.25) is 4.57 Å². The minimum absolute atomic E-state index is 0.336. The molecule has 26 heavy (non-hydrogen) atoms. The zero-order chi connectivity index (χ0) is 18.8. The van der Waals surface area contributed by atoms with Crippen molar-refractivity contribution < 1.29 is 4.79 Å². The Bertz CT molecular complexity index is 939. The Hall–Kier alpha value is -3.22. The molecule has 134 valence electrons. The van der Waals surface area contributed by atoms with Crippen LogP contribution in [0.4, 0.5) is 16.2 Å². The molecule has 0 saturated heterocycles. The lowest BCUT2D eigenvalue weighted by Gasteiger charge is -2.10. The Kier molecular flexibility index (Phi) is 4.71. The zero-order valence-corrected chi connectivity index (χ0v) is 15.6. The van der Waals surface area contributed by atoms with E-state index in [2.05, 4.69) is 31.7 Å². The van der Waals surface area contributed by atoms with Gasteiger partial charge in [0.2, 0.25) is 5.95 Å². The van der Waals surface area contributed by atoms with Gasteiger partial charge >= 0.3 is 6.03 Å². The Morgan fingerprint density at radius 1 is 0.885 bits per heavy atom. The minimum Gasteiger partial charge on any atom is -0.308 e. The maximum atomic E-state index is 12.2. The number of hydrogen-bond donors (Lipinski definition) is 2. The Morgan fingerprint density at radius 2 is 1.46 bits per heavy atom. The van der Waals surface area contributed by atoms with Gasteiger partial charge in [0, 0.05) is 11.4 Å². The van der Waals surface area contributed by atoms with Crippen molar-refractivity contribution in [2.45, 2.75) is 34.6 Å². The molecule has 2 heterocycles. The number of carbonyl (C=O) groups excluding carboxylic acids is 1. The minimum atomic E-state index is -0.336. The number of amides is 2. The van der Waals surface area contributed by atoms with Crippen molar-refractivity contribution in [2.24, 2.45) is 0 Å². The van der Waals surface area contributed by atoms with Crippen LogP contribution in [0.25, 0.3) is 5.95 Å². The van der Waals surface area contributed by atoms with Gasteiger partial charge < -0.3 is 10.6 Å². The van der Waals surface area contributed by atoms with E-state index in [0.717, 1.165) is 34.0 Å². The molecule has 0 spiro atoms. The van der Waals surface area contributed by atoms with E-state index in [4.69, 9.17) is 0 Å². The van der Waals surface area contributed by atoms with Gasteiger partial charge in [-0.25, -0.2) is 19.7 Å². The third kappa shape index (κ3) is 3.72. The van der Waals surface area contributed by atoms with E-state index in [-0.39, 0.29) is 6.03 Å². The molecular weight excluding hydrogens is 328 g/mol. The summed E-state index contributed by atoms with van der Waals surface area (Å²) >= 11 is 0. The van der Waals surface area contributed by atoms with Crippen LogP contribution in [0.5, 0.6) is 0 Å². The number of anilines is 2. The third-order valence-electron chi connectivity index (χ3n) is 4.09. The van der Waals surface area contributed by atoms with Crippen molar-refractivity contribution in [3.63, 3.8) is 0 Å². The summed E-state index contributed by atoms with van der Waals surface area (Å²) in [6.07, 6.45) is 3.16. The monoisotopic (exact) mass is 350 g/mol. The molecular formula is C19H22N6O. The Morgan fingerprint density at radius 3 is 2.00 bits per heavy atom. The normalized spacial score (nSPS) is 10.7. The molecule has 0 aliphatic carbocycles. The molecule has 7 heteroatoms. The van der Waals surface area contributed by atoms with Crippen molar-refractivity contribution in [3.8, 4) is 5.95 Å². The summed E-state index contributed by atoms with van der Waals surface area (Å²) in [5.41, 5.74) is 5.39. The number of hydrogen-bond acceptors (Lipinski definition) is 4. The van der Waals surface area contributed by atoms with Crippen LogP contribution in [0.2, 0.25) is 0 Å². The summed E-state index contributed by atoms with van der Waals surface area (Å²) in [5.74, 6) is 1.36. The first-order chi connectivity index (χ1) is 12.3. The first-order valence-corrected chi connectivity index (χ1v) is 8.35. The maximum Gasteiger partial charge on any atom is 0.323 e. The maximum absolute atomic E-state index is 12.2. The topological polar surface area (TPSA) is 84.7 Å². The van der Waals surface area contributed by atoms with Gasteiger partial charge in [0.1, 0.15) is 5.82 Å². The molecule has 0 bridgehead atoms. The smallest absolute Gasteiger partial charge is 0.308 e. The summed E-state index contributed by atoms with van der Waals surface area (Å²) < 4.78 is 1.88. The molecule has 2 N–H and O–H groups in total. The van der Waals surface area contributed by atoms with Gasteiger partial charge in [-0.15, -0.1) is 0 Å². The van der Waals surface area contributed by atoms with Gasteiger partial charge in [-0.1, -0.05) is 6.07 Å². The average Bonchev–Trinajstić information content (AvgIpc) is 2.80. The highest BCUT2D eigenvalue weighted by atomic mass is 16.2. The largest absolute Gasteiger partial charge is 0.323 e. The summed E-state index contributed by atoms with van der Waals surface area (Å²) in [4.78, 5) is 25.3. The van der Waals surface area contributed by atoms with Crippen LogP contribution in [0.1, 0.15) is 28.3 Å². The second-order valence-corrected chi connectivity index (χ2v) is 6.39. The number of benzene rings is 1. The molecule has 3 aromatic rings. The quantitative estimate of drug-likeness (QED) is 0.751. The third-order valence-corrected chi connectivity index (χ3v) is 4.09. The number of aryl methyl sites for hydroxylation is 4. The summed E-state index contributed by atoms with van der Waals surface area (Å²) in [5, 5.41) is 5.56. The molecule has 2 amide bonds. The van der Waals surface area contributed by atoms with Gasteiger partial charge in [0.25, 0.3) is 0 Å². The lowest BCUT2D eigenvalue weighted by molar-refractivity contribution is 0.262. The molecule has 0 saturated carbocycles. The lowest BCUT2D eigenvalue weighted by Crippen LogP contribution is -2.20. The van der Waals surface area contributed by atoms with Crippen LogP contribution < -0.4 is 10.6 Å². The molecule has 0 aliphatic heterocycles. The summed E-state index contributed by atoms with van der Waals surface area (Å²) in [6, 6.07) is 5.55. The number of imidazole rings is 1. The van der Waals surface area contributed by atoms with Crippen LogP contribution in [0, 0.1) is 34.6 Å². The van der Waals surface area contributed by atoms with Crippen molar-refractivity contribution in [1.82, 2.24) is 19.5 Å². The van der Waals surface area contributed by atoms with Crippen molar-refractivity contribution in [2.75, 3.05) is 10.6 Å². The molecule has 0 aliphatic rings. The summed E-state index contributed by atoms with van der Waals surface area (Å²) in [7, 11) is 0. The van der Waals surface area contributed by atoms with Gasteiger partial charge in [-0.2, -0.15) is 0 Å². The van der Waals surface area contributed by atoms with Crippen LogP contribution in [-0.2, 0) is 0 Å². The fraction of sp³-hybridized carbons (Fsp3) is 0.263. The number of nitrogens with zero attached hydrogens (tertiary/aromatic N) is 4. The fourth-order valence-electron chi connectivity index (χ4n) is 2.91. The highest BCUT2D eigenvalue weighted by Crippen LogP contribution is 2.16. The van der Waals surface area contributed by atoms with Crippen LogP contribution >= 0.6 is 0 Å². The van der Waals surface area contributed by atoms with E-state index in [1.54, 1.807) is 12.4 Å². The van der Waals surface area contributed by atoms with Crippen LogP contribution in [-0.4, -0.2) is 25.6 Å². The molecule has 0 atom stereocenters. The first-order valence-electron chi connectivity index (χ1n) is 8.35. The predicted octanol–water partition coefficient (Wildman–Crippen LogP) is 3.85. The molecule has 7 nitrogen and oxygen atoms in total. The second-order valence-electron chi connectivity index (χ2n) is 6.39. The van der Waals surface area contributed by atoms with Crippen LogP contribution in [0.15, 0.2) is 30.6 Å². The van der Waals surface area contributed by atoms with Gasteiger partial charge in [-0.05, 0) is 57.9 Å². The zero-order valence-electron chi connectivity index (χ0n) is 15.6. The molecule has 0 fully saturated rings. The molecule has 0 radical (unpaired) electrons. The number of urea groups is 1. The highest BCUT2D eigenvalue weighted by molar-refractivity contribution is 5.99. The van der Waals surface area contributed by atoms with E-state index in [1.165, 1.54) is 0 Å². The van der Waals surface area contributed by atoms with Crippen LogP contribution in [0.3, 0.4) is 0 Å². The second kappa shape index (κ2) is 6.95. The van der Waals surface area contributed by atoms with Crippen molar-refractivity contribution >= 4 is 17.4 Å². The highest BCUT2D eigenvalue weighted by Gasteiger charge is 2.12. The number of nitrogens with one attached hydrogen (secondary N) is 2. The molecule has 3 rings (SSSR count). The van der Waals surface area contributed by atoms with E-state index in [0.29, 0.717) is 11.6 Å². The Balaban J connectivity index is 1.72. The average molecular weight is 350 g/mol. The first kappa shape index (κ1) is 17.6. The van der Waals surface area contributed by atoms with Crippen molar-refractivity contribution in [1.29, 1.82) is 0 Å².